The van der Waals surface area contributed by atoms with E-state index in [4.69, 9.17) is 0 Å². The molecule has 1 aliphatic rings. The van der Waals surface area contributed by atoms with Crippen LogP contribution in [0.5, 0.6) is 0 Å². The van der Waals surface area contributed by atoms with Crippen molar-refractivity contribution in [2.75, 3.05) is 30.4 Å². The zero-order valence-electron chi connectivity index (χ0n) is 13.4. The van der Waals surface area contributed by atoms with Gasteiger partial charge in [-0.1, -0.05) is 33.6 Å². The van der Waals surface area contributed by atoms with Crippen molar-refractivity contribution < 1.29 is 0 Å². The highest BCUT2D eigenvalue weighted by molar-refractivity contribution is 5.58. The van der Waals surface area contributed by atoms with Crippen molar-refractivity contribution in [3.8, 4) is 0 Å². The number of piperidine rings is 1. The van der Waals surface area contributed by atoms with Crippen LogP contribution in [0.4, 0.5) is 11.6 Å². The minimum atomic E-state index is 0.514. The van der Waals surface area contributed by atoms with Gasteiger partial charge in [-0.25, -0.2) is 9.97 Å². The number of rotatable bonds is 5. The lowest BCUT2D eigenvalue weighted by molar-refractivity contribution is 0.237. The van der Waals surface area contributed by atoms with Gasteiger partial charge in [-0.2, -0.15) is 0 Å². The molecule has 1 aliphatic heterocycles. The van der Waals surface area contributed by atoms with Gasteiger partial charge in [0.2, 0.25) is 0 Å². The summed E-state index contributed by atoms with van der Waals surface area (Å²) >= 11 is 0. The molecule has 0 atom stereocenters. The number of nitrogens with one attached hydrogen (secondary N) is 1. The second-order valence-corrected chi connectivity index (χ2v) is 6.18. The molecule has 112 valence electrons. The molecule has 1 aromatic rings. The van der Waals surface area contributed by atoms with E-state index >= 15 is 0 Å². The van der Waals surface area contributed by atoms with Crippen LogP contribution in [0.1, 0.15) is 52.0 Å². The summed E-state index contributed by atoms with van der Waals surface area (Å²) in [5, 5.41) is 3.21. The maximum atomic E-state index is 4.58. The number of anilines is 2. The van der Waals surface area contributed by atoms with Crippen molar-refractivity contribution in [3.05, 3.63) is 11.9 Å². The van der Waals surface area contributed by atoms with Crippen molar-refractivity contribution >= 4 is 11.6 Å². The Kier molecular flexibility index (Phi) is 4.84. The summed E-state index contributed by atoms with van der Waals surface area (Å²) in [6, 6.07) is 0. The first-order valence-corrected chi connectivity index (χ1v) is 7.90. The molecule has 1 saturated heterocycles. The molecule has 0 saturated carbocycles. The molecule has 0 aliphatic carbocycles. The Morgan fingerprint density at radius 2 is 1.95 bits per heavy atom. The van der Waals surface area contributed by atoms with E-state index in [-0.39, 0.29) is 0 Å². The highest BCUT2D eigenvalue weighted by Crippen LogP contribution is 2.36. The van der Waals surface area contributed by atoms with Crippen LogP contribution in [-0.2, 0) is 6.42 Å². The summed E-state index contributed by atoms with van der Waals surface area (Å²) in [6.07, 6.45) is 7.63. The van der Waals surface area contributed by atoms with Gasteiger partial charge in [0.1, 0.15) is 18.0 Å². The molecular formula is C16H28N4. The summed E-state index contributed by atoms with van der Waals surface area (Å²) in [4.78, 5) is 11.4. The van der Waals surface area contributed by atoms with Crippen molar-refractivity contribution in [2.24, 2.45) is 5.41 Å². The Balaban J connectivity index is 2.21. The van der Waals surface area contributed by atoms with Crippen LogP contribution in [0.2, 0.25) is 0 Å². The average Bonchev–Trinajstić information content (AvgIpc) is 2.49. The summed E-state index contributed by atoms with van der Waals surface area (Å²) in [7, 11) is 1.94. The molecule has 0 spiro atoms. The van der Waals surface area contributed by atoms with Crippen molar-refractivity contribution in [1.82, 2.24) is 9.97 Å². The second kappa shape index (κ2) is 6.42. The molecule has 0 aromatic carbocycles. The monoisotopic (exact) mass is 276 g/mol. The Bertz CT molecular complexity index is 436. The highest BCUT2D eigenvalue weighted by Gasteiger charge is 2.29. The van der Waals surface area contributed by atoms with Crippen LogP contribution in [0, 0.1) is 5.41 Å². The van der Waals surface area contributed by atoms with Gasteiger partial charge < -0.3 is 10.2 Å². The Hall–Kier alpha value is -1.32. The average molecular weight is 276 g/mol. The number of aromatic nitrogens is 2. The van der Waals surface area contributed by atoms with E-state index in [1.54, 1.807) is 6.33 Å². The van der Waals surface area contributed by atoms with Gasteiger partial charge in [0.15, 0.2) is 0 Å². The van der Waals surface area contributed by atoms with Gasteiger partial charge in [0.05, 0.1) is 0 Å². The maximum absolute atomic E-state index is 4.58. The van der Waals surface area contributed by atoms with Gasteiger partial charge in [0, 0.05) is 25.7 Å². The molecule has 0 unspecified atom stereocenters. The van der Waals surface area contributed by atoms with E-state index in [0.29, 0.717) is 5.41 Å². The second-order valence-electron chi connectivity index (χ2n) is 6.18. The van der Waals surface area contributed by atoms with Gasteiger partial charge >= 0.3 is 0 Å². The number of nitrogens with zero attached hydrogens (tertiary/aromatic N) is 3. The fourth-order valence-electron chi connectivity index (χ4n) is 2.98. The molecule has 4 nitrogen and oxygen atoms in total. The highest BCUT2D eigenvalue weighted by atomic mass is 15.2. The SMILES string of the molecule is CCCc1c(NC)ncnc1N1CCC(C)(CC)CC1. The lowest BCUT2D eigenvalue weighted by Crippen LogP contribution is -2.39. The third kappa shape index (κ3) is 3.05. The zero-order valence-corrected chi connectivity index (χ0v) is 13.4. The van der Waals surface area contributed by atoms with E-state index in [1.807, 2.05) is 7.05 Å². The van der Waals surface area contributed by atoms with Gasteiger partial charge in [0.25, 0.3) is 0 Å². The van der Waals surface area contributed by atoms with E-state index in [1.165, 1.54) is 24.8 Å². The first kappa shape index (κ1) is 15.1. The van der Waals surface area contributed by atoms with Crippen LogP contribution in [0.25, 0.3) is 0 Å². The Morgan fingerprint density at radius 3 is 2.50 bits per heavy atom. The van der Waals surface area contributed by atoms with E-state index in [2.05, 4.69) is 41.0 Å². The van der Waals surface area contributed by atoms with Crippen LogP contribution < -0.4 is 10.2 Å². The molecule has 1 N–H and O–H groups in total. The molecule has 0 bridgehead atoms. The van der Waals surface area contributed by atoms with Gasteiger partial charge in [-0.05, 0) is 24.7 Å². The minimum Gasteiger partial charge on any atom is -0.373 e. The minimum absolute atomic E-state index is 0.514. The molecule has 1 fully saturated rings. The fraction of sp³-hybridized carbons (Fsp3) is 0.750. The van der Waals surface area contributed by atoms with Gasteiger partial charge in [-0.15, -0.1) is 0 Å². The van der Waals surface area contributed by atoms with Crippen molar-refractivity contribution in [2.45, 2.75) is 52.9 Å². The normalized spacial score (nSPS) is 18.1. The van der Waals surface area contributed by atoms with Crippen LogP contribution >= 0.6 is 0 Å². The molecule has 20 heavy (non-hydrogen) atoms. The summed E-state index contributed by atoms with van der Waals surface area (Å²) in [6.45, 7) is 9.15. The lowest BCUT2D eigenvalue weighted by atomic mass is 9.78. The molecule has 2 heterocycles. The molecule has 0 radical (unpaired) electrons. The molecule has 0 amide bonds. The molecule has 2 rings (SSSR count). The number of hydrogen-bond donors (Lipinski definition) is 1. The molecule has 1 aromatic heterocycles. The molecule has 4 heteroatoms. The Morgan fingerprint density at radius 1 is 1.25 bits per heavy atom. The van der Waals surface area contributed by atoms with Gasteiger partial charge in [-0.3, -0.25) is 0 Å². The largest absolute Gasteiger partial charge is 0.373 e. The first-order valence-electron chi connectivity index (χ1n) is 7.90. The molecular weight excluding hydrogens is 248 g/mol. The zero-order chi connectivity index (χ0) is 14.6. The maximum Gasteiger partial charge on any atom is 0.137 e. The first-order chi connectivity index (χ1) is 9.63. The number of hydrogen-bond acceptors (Lipinski definition) is 4. The quantitative estimate of drug-likeness (QED) is 0.894. The third-order valence-corrected chi connectivity index (χ3v) is 4.78. The van der Waals surface area contributed by atoms with E-state index in [9.17, 15) is 0 Å². The fourth-order valence-corrected chi connectivity index (χ4v) is 2.98. The summed E-state index contributed by atoms with van der Waals surface area (Å²) < 4.78 is 0. The third-order valence-electron chi connectivity index (χ3n) is 4.78. The van der Waals surface area contributed by atoms with E-state index in [0.717, 1.165) is 37.6 Å². The topological polar surface area (TPSA) is 41.1 Å². The van der Waals surface area contributed by atoms with E-state index < -0.39 is 0 Å². The summed E-state index contributed by atoms with van der Waals surface area (Å²) in [5.74, 6) is 2.13. The van der Waals surface area contributed by atoms with Crippen molar-refractivity contribution in [3.63, 3.8) is 0 Å². The standard InChI is InChI=1S/C16H28N4/c1-5-7-13-14(17-4)18-12-19-15(13)20-10-8-16(3,6-2)9-11-20/h12H,5-11H2,1-4H3,(H,17,18,19). The Labute approximate surface area is 123 Å². The van der Waals surface area contributed by atoms with Crippen LogP contribution in [0.3, 0.4) is 0 Å². The smallest absolute Gasteiger partial charge is 0.137 e. The lowest BCUT2D eigenvalue weighted by Gasteiger charge is -2.40. The predicted octanol–water partition coefficient (Wildman–Crippen LogP) is 3.49. The van der Waals surface area contributed by atoms with Crippen molar-refractivity contribution in [1.29, 1.82) is 0 Å². The predicted molar refractivity (Wildman–Crippen MR) is 85.4 cm³/mol. The van der Waals surface area contributed by atoms with Crippen LogP contribution in [-0.4, -0.2) is 30.1 Å². The van der Waals surface area contributed by atoms with Crippen LogP contribution in [0.15, 0.2) is 6.33 Å². The summed E-state index contributed by atoms with van der Waals surface area (Å²) in [5.41, 5.74) is 1.79.